The van der Waals surface area contributed by atoms with E-state index in [2.05, 4.69) is 5.32 Å². The van der Waals surface area contributed by atoms with Gasteiger partial charge in [-0.1, -0.05) is 0 Å². The third kappa shape index (κ3) is 3.15. The average Bonchev–Trinajstić information content (AvgIpc) is 2.38. The van der Waals surface area contributed by atoms with Crippen molar-refractivity contribution >= 4 is 17.7 Å². The summed E-state index contributed by atoms with van der Waals surface area (Å²) in [4.78, 5) is 13.8. The number of carbonyl (C=O) groups is 1. The van der Waals surface area contributed by atoms with Crippen molar-refractivity contribution in [1.82, 2.24) is 10.2 Å². The van der Waals surface area contributed by atoms with Crippen molar-refractivity contribution in [2.24, 2.45) is 0 Å². The van der Waals surface area contributed by atoms with E-state index < -0.39 is 0 Å². The number of methoxy groups -OCH3 is 1. The van der Waals surface area contributed by atoms with Crippen LogP contribution in [-0.2, 0) is 9.53 Å². The van der Waals surface area contributed by atoms with E-state index in [4.69, 9.17) is 4.74 Å². The second-order valence-electron chi connectivity index (χ2n) is 3.23. The second kappa shape index (κ2) is 6.27. The van der Waals surface area contributed by atoms with E-state index in [1.807, 2.05) is 23.7 Å². The van der Waals surface area contributed by atoms with E-state index in [-0.39, 0.29) is 11.9 Å². The number of carbonyl (C=O) groups excluding carboxylic acids is 1. The van der Waals surface area contributed by atoms with E-state index in [1.54, 1.807) is 7.11 Å². The summed E-state index contributed by atoms with van der Waals surface area (Å²) in [5.74, 6) is 2.10. The number of thioether (sulfide) groups is 1. The van der Waals surface area contributed by atoms with Crippen molar-refractivity contribution in [2.75, 3.05) is 45.4 Å². The van der Waals surface area contributed by atoms with Gasteiger partial charge >= 0.3 is 0 Å². The molecule has 5 heteroatoms. The molecule has 4 nitrogen and oxygen atoms in total. The molecule has 0 spiro atoms. The molecule has 1 rings (SSSR count). The van der Waals surface area contributed by atoms with E-state index >= 15 is 0 Å². The predicted molar refractivity (Wildman–Crippen MR) is 58.6 cm³/mol. The monoisotopic (exact) mass is 218 g/mol. The Hall–Kier alpha value is -0.260. The third-order valence-corrected chi connectivity index (χ3v) is 3.35. The van der Waals surface area contributed by atoms with E-state index in [0.717, 1.165) is 18.1 Å². The Labute approximate surface area is 89.4 Å². The first kappa shape index (κ1) is 11.8. The van der Waals surface area contributed by atoms with Crippen LogP contribution in [0.15, 0.2) is 0 Å². The van der Waals surface area contributed by atoms with Crippen LogP contribution in [0.25, 0.3) is 0 Å². The van der Waals surface area contributed by atoms with Crippen molar-refractivity contribution in [2.45, 2.75) is 6.04 Å². The number of ether oxygens (including phenoxy) is 1. The third-order valence-electron chi connectivity index (χ3n) is 2.31. The fraction of sp³-hybridized carbons (Fsp3) is 0.889. The fourth-order valence-corrected chi connectivity index (χ4v) is 2.47. The van der Waals surface area contributed by atoms with Gasteiger partial charge in [-0.05, 0) is 7.05 Å². The van der Waals surface area contributed by atoms with Crippen molar-refractivity contribution in [3.63, 3.8) is 0 Å². The number of hydrogen-bond acceptors (Lipinski definition) is 4. The maximum Gasteiger partial charge on any atom is 0.240 e. The van der Waals surface area contributed by atoms with Crippen LogP contribution >= 0.6 is 11.8 Å². The van der Waals surface area contributed by atoms with Gasteiger partial charge in [0.25, 0.3) is 0 Å². The molecule has 0 aromatic rings. The molecule has 1 saturated heterocycles. The number of amides is 1. The lowest BCUT2D eigenvalue weighted by Gasteiger charge is -2.23. The molecule has 1 N–H and O–H groups in total. The lowest BCUT2D eigenvalue weighted by Crippen LogP contribution is -2.46. The Balaban J connectivity index is 2.49. The van der Waals surface area contributed by atoms with Crippen molar-refractivity contribution in [3.05, 3.63) is 0 Å². The maximum absolute atomic E-state index is 11.9. The number of likely N-dealkylation sites (N-methyl/N-ethyl adjacent to an activating group) is 1. The van der Waals surface area contributed by atoms with Crippen LogP contribution < -0.4 is 5.32 Å². The molecule has 1 aliphatic rings. The molecule has 0 saturated carbocycles. The normalized spacial score (nSPS) is 23.7. The molecule has 0 aromatic heterocycles. The van der Waals surface area contributed by atoms with Crippen molar-refractivity contribution in [1.29, 1.82) is 0 Å². The van der Waals surface area contributed by atoms with Gasteiger partial charge in [0.1, 0.15) is 0 Å². The zero-order valence-electron chi connectivity index (χ0n) is 8.78. The van der Waals surface area contributed by atoms with Crippen LogP contribution in [0.4, 0.5) is 0 Å². The first-order valence-corrected chi connectivity index (χ1v) is 5.97. The summed E-state index contributed by atoms with van der Waals surface area (Å²) in [5.41, 5.74) is 0. The Morgan fingerprint density at radius 1 is 1.71 bits per heavy atom. The molecule has 0 aliphatic carbocycles. The number of nitrogens with one attached hydrogen (secondary N) is 1. The quantitative estimate of drug-likeness (QED) is 0.709. The van der Waals surface area contributed by atoms with E-state index in [0.29, 0.717) is 13.2 Å². The van der Waals surface area contributed by atoms with Gasteiger partial charge in [-0.25, -0.2) is 0 Å². The minimum absolute atomic E-state index is 0.0284. The van der Waals surface area contributed by atoms with Gasteiger partial charge in [-0.15, -0.1) is 0 Å². The molecule has 0 bridgehead atoms. The molecule has 1 amide bonds. The summed E-state index contributed by atoms with van der Waals surface area (Å²) >= 11 is 1.82. The van der Waals surface area contributed by atoms with Gasteiger partial charge < -0.3 is 15.0 Å². The molecule has 1 unspecified atom stereocenters. The van der Waals surface area contributed by atoms with Crippen LogP contribution in [0.1, 0.15) is 0 Å². The first-order chi connectivity index (χ1) is 6.79. The Morgan fingerprint density at radius 2 is 2.50 bits per heavy atom. The average molecular weight is 218 g/mol. The molecule has 1 atom stereocenters. The molecule has 0 aromatic carbocycles. The van der Waals surface area contributed by atoms with Crippen LogP contribution in [0.2, 0.25) is 0 Å². The van der Waals surface area contributed by atoms with Gasteiger partial charge in [-0.3, -0.25) is 4.79 Å². The van der Waals surface area contributed by atoms with Crippen molar-refractivity contribution < 1.29 is 9.53 Å². The Morgan fingerprint density at radius 3 is 3.14 bits per heavy atom. The summed E-state index contributed by atoms with van der Waals surface area (Å²) in [6.45, 7) is 2.16. The van der Waals surface area contributed by atoms with Crippen molar-refractivity contribution in [3.8, 4) is 0 Å². The topological polar surface area (TPSA) is 41.6 Å². The number of rotatable bonds is 4. The SMILES string of the molecule is CNC1CSCCN(CCOC)C1=O. The van der Waals surface area contributed by atoms with Crippen LogP contribution in [-0.4, -0.2) is 62.2 Å². The van der Waals surface area contributed by atoms with Gasteiger partial charge in [-0.2, -0.15) is 11.8 Å². The molecule has 0 radical (unpaired) electrons. The van der Waals surface area contributed by atoms with E-state index in [9.17, 15) is 4.79 Å². The van der Waals surface area contributed by atoms with Gasteiger partial charge in [0.2, 0.25) is 5.91 Å². The number of nitrogens with zero attached hydrogens (tertiary/aromatic N) is 1. The highest BCUT2D eigenvalue weighted by Gasteiger charge is 2.25. The Kier molecular flexibility index (Phi) is 5.29. The first-order valence-electron chi connectivity index (χ1n) is 4.82. The highest BCUT2D eigenvalue weighted by atomic mass is 32.2. The van der Waals surface area contributed by atoms with Gasteiger partial charge in [0, 0.05) is 31.7 Å². The molecule has 1 heterocycles. The molecular weight excluding hydrogens is 200 g/mol. The zero-order chi connectivity index (χ0) is 10.4. The summed E-state index contributed by atoms with van der Waals surface area (Å²) in [5, 5.41) is 3.05. The predicted octanol–water partition coefficient (Wildman–Crippen LogP) is -0.204. The summed E-state index contributed by atoms with van der Waals surface area (Å²) in [7, 11) is 3.50. The van der Waals surface area contributed by atoms with E-state index in [1.165, 1.54) is 0 Å². The lowest BCUT2D eigenvalue weighted by atomic mass is 10.3. The van der Waals surface area contributed by atoms with Crippen LogP contribution in [0, 0.1) is 0 Å². The largest absolute Gasteiger partial charge is 0.383 e. The van der Waals surface area contributed by atoms with Crippen LogP contribution in [0.5, 0.6) is 0 Å². The zero-order valence-corrected chi connectivity index (χ0v) is 9.60. The molecule has 82 valence electrons. The highest BCUT2D eigenvalue weighted by Crippen LogP contribution is 2.11. The Bertz CT molecular complexity index is 190. The number of hydrogen-bond donors (Lipinski definition) is 1. The molecule has 1 aliphatic heterocycles. The van der Waals surface area contributed by atoms with Gasteiger partial charge in [0.15, 0.2) is 0 Å². The fourth-order valence-electron chi connectivity index (χ4n) is 1.41. The minimum Gasteiger partial charge on any atom is -0.383 e. The summed E-state index contributed by atoms with van der Waals surface area (Å²) in [6, 6.07) is -0.0284. The molecular formula is C9H18N2O2S. The summed E-state index contributed by atoms with van der Waals surface area (Å²) < 4.78 is 4.98. The standard InChI is InChI=1S/C9H18N2O2S/c1-10-8-7-14-6-4-11(9(8)12)3-5-13-2/h8,10H,3-7H2,1-2H3. The maximum atomic E-state index is 11.9. The summed E-state index contributed by atoms with van der Waals surface area (Å²) in [6.07, 6.45) is 0. The van der Waals surface area contributed by atoms with Crippen LogP contribution in [0.3, 0.4) is 0 Å². The minimum atomic E-state index is -0.0284. The lowest BCUT2D eigenvalue weighted by molar-refractivity contribution is -0.132. The highest BCUT2D eigenvalue weighted by molar-refractivity contribution is 7.99. The molecule has 14 heavy (non-hydrogen) atoms. The molecule has 1 fully saturated rings. The second-order valence-corrected chi connectivity index (χ2v) is 4.38. The smallest absolute Gasteiger partial charge is 0.240 e. The van der Waals surface area contributed by atoms with Gasteiger partial charge in [0.05, 0.1) is 12.6 Å².